The molecule has 4 heteroatoms. The standard InChI is InChI=1S/C14H22FNO2/c1-3-6-17-7-8-18-14-5-4-12(9-11(2)16)10-13(14)15/h4-5,10-11H,3,6-9,16H2,1-2H3. The minimum absolute atomic E-state index is 0.0265. The number of hydrogen-bond acceptors (Lipinski definition) is 3. The van der Waals surface area contributed by atoms with Crippen molar-refractivity contribution in [1.29, 1.82) is 0 Å². The molecule has 2 N–H and O–H groups in total. The first-order chi connectivity index (χ1) is 8.63. The van der Waals surface area contributed by atoms with Crippen LogP contribution in [0.1, 0.15) is 25.8 Å². The minimum Gasteiger partial charge on any atom is -0.488 e. The molecule has 0 radical (unpaired) electrons. The third kappa shape index (κ3) is 5.47. The molecule has 102 valence electrons. The van der Waals surface area contributed by atoms with Gasteiger partial charge >= 0.3 is 0 Å². The molecule has 0 spiro atoms. The summed E-state index contributed by atoms with van der Waals surface area (Å²) < 4.78 is 24.2. The molecular weight excluding hydrogens is 233 g/mol. The van der Waals surface area contributed by atoms with Crippen LogP contribution in [0.2, 0.25) is 0 Å². The van der Waals surface area contributed by atoms with Crippen molar-refractivity contribution in [3.63, 3.8) is 0 Å². The summed E-state index contributed by atoms with van der Waals surface area (Å²) >= 11 is 0. The highest BCUT2D eigenvalue weighted by atomic mass is 19.1. The van der Waals surface area contributed by atoms with Crippen molar-refractivity contribution in [3.05, 3.63) is 29.6 Å². The SMILES string of the molecule is CCCOCCOc1ccc(CC(C)N)cc1F. The van der Waals surface area contributed by atoms with Crippen molar-refractivity contribution in [2.24, 2.45) is 5.73 Å². The van der Waals surface area contributed by atoms with E-state index in [9.17, 15) is 4.39 Å². The number of benzene rings is 1. The minimum atomic E-state index is -0.344. The van der Waals surface area contributed by atoms with E-state index in [0.29, 0.717) is 26.2 Å². The van der Waals surface area contributed by atoms with Gasteiger partial charge in [0.2, 0.25) is 0 Å². The second kappa shape index (κ2) is 8.06. The Balaban J connectivity index is 2.42. The van der Waals surface area contributed by atoms with Crippen LogP contribution in [0.3, 0.4) is 0 Å². The molecule has 18 heavy (non-hydrogen) atoms. The molecule has 0 aliphatic rings. The van der Waals surface area contributed by atoms with Crippen LogP contribution in [0.4, 0.5) is 4.39 Å². The first kappa shape index (κ1) is 14.9. The summed E-state index contributed by atoms with van der Waals surface area (Å²) in [6.45, 7) is 5.49. The molecule has 0 aromatic heterocycles. The van der Waals surface area contributed by atoms with Gasteiger partial charge in [0.25, 0.3) is 0 Å². The van der Waals surface area contributed by atoms with Gasteiger partial charge in [0.1, 0.15) is 6.61 Å². The summed E-state index contributed by atoms with van der Waals surface area (Å²) in [6, 6.07) is 4.99. The maximum atomic E-state index is 13.7. The predicted molar refractivity (Wildman–Crippen MR) is 70.4 cm³/mol. The smallest absolute Gasteiger partial charge is 0.165 e. The quantitative estimate of drug-likeness (QED) is 0.726. The van der Waals surface area contributed by atoms with E-state index in [1.165, 1.54) is 6.07 Å². The Morgan fingerprint density at radius 1 is 1.28 bits per heavy atom. The molecular formula is C14H22FNO2. The normalized spacial score (nSPS) is 12.4. The zero-order valence-electron chi connectivity index (χ0n) is 11.1. The monoisotopic (exact) mass is 255 g/mol. The van der Waals surface area contributed by atoms with Gasteiger partial charge in [0.05, 0.1) is 6.61 Å². The van der Waals surface area contributed by atoms with E-state index in [2.05, 4.69) is 0 Å². The van der Waals surface area contributed by atoms with Gasteiger partial charge in [0.15, 0.2) is 11.6 Å². The first-order valence-electron chi connectivity index (χ1n) is 6.38. The molecule has 1 aromatic rings. The van der Waals surface area contributed by atoms with E-state index in [4.69, 9.17) is 15.2 Å². The Hall–Kier alpha value is -1.13. The van der Waals surface area contributed by atoms with Gasteiger partial charge in [-0.2, -0.15) is 0 Å². The Morgan fingerprint density at radius 2 is 2.06 bits per heavy atom. The summed E-state index contributed by atoms with van der Waals surface area (Å²) in [5.74, 6) is -0.0767. The average Bonchev–Trinajstić information content (AvgIpc) is 2.30. The molecule has 0 heterocycles. The second-order valence-electron chi connectivity index (χ2n) is 4.41. The molecule has 1 atom stereocenters. The van der Waals surface area contributed by atoms with Crippen molar-refractivity contribution in [3.8, 4) is 5.75 Å². The van der Waals surface area contributed by atoms with E-state index < -0.39 is 0 Å². The lowest BCUT2D eigenvalue weighted by Crippen LogP contribution is -2.17. The van der Waals surface area contributed by atoms with Crippen LogP contribution in [0.25, 0.3) is 0 Å². The lowest BCUT2D eigenvalue weighted by atomic mass is 10.1. The van der Waals surface area contributed by atoms with Crippen molar-refractivity contribution in [2.45, 2.75) is 32.7 Å². The Labute approximate surface area is 108 Å². The highest BCUT2D eigenvalue weighted by molar-refractivity contribution is 5.29. The molecule has 0 fully saturated rings. The maximum absolute atomic E-state index is 13.7. The lowest BCUT2D eigenvalue weighted by molar-refractivity contribution is 0.0992. The predicted octanol–water partition coefficient (Wildman–Crippen LogP) is 2.52. The van der Waals surface area contributed by atoms with Crippen LogP contribution in [-0.2, 0) is 11.2 Å². The zero-order chi connectivity index (χ0) is 13.4. The van der Waals surface area contributed by atoms with Crippen LogP contribution in [0.15, 0.2) is 18.2 Å². The van der Waals surface area contributed by atoms with E-state index in [1.54, 1.807) is 6.07 Å². The fourth-order valence-corrected chi connectivity index (χ4v) is 1.62. The molecule has 3 nitrogen and oxygen atoms in total. The third-order valence-corrected chi connectivity index (χ3v) is 2.39. The number of rotatable bonds is 8. The van der Waals surface area contributed by atoms with Crippen LogP contribution in [0.5, 0.6) is 5.75 Å². The third-order valence-electron chi connectivity index (χ3n) is 2.39. The van der Waals surface area contributed by atoms with Crippen LogP contribution < -0.4 is 10.5 Å². The van der Waals surface area contributed by atoms with Gasteiger partial charge < -0.3 is 15.2 Å². The topological polar surface area (TPSA) is 44.5 Å². The van der Waals surface area contributed by atoms with E-state index in [0.717, 1.165) is 12.0 Å². The Bertz CT molecular complexity index is 356. The summed E-state index contributed by atoms with van der Waals surface area (Å²) in [4.78, 5) is 0. The molecule has 1 rings (SSSR count). The van der Waals surface area contributed by atoms with Gasteiger partial charge in [-0.05, 0) is 37.5 Å². The van der Waals surface area contributed by atoms with E-state index in [-0.39, 0.29) is 17.6 Å². The number of hydrogen-bond donors (Lipinski definition) is 1. The van der Waals surface area contributed by atoms with Gasteiger partial charge in [0, 0.05) is 12.6 Å². The molecule has 0 saturated heterocycles. The van der Waals surface area contributed by atoms with Gasteiger partial charge in [-0.3, -0.25) is 0 Å². The number of ether oxygens (including phenoxy) is 2. The van der Waals surface area contributed by atoms with Crippen LogP contribution >= 0.6 is 0 Å². The Kier molecular flexibility index (Phi) is 6.68. The molecule has 0 aliphatic carbocycles. The van der Waals surface area contributed by atoms with Crippen molar-refractivity contribution in [2.75, 3.05) is 19.8 Å². The first-order valence-corrected chi connectivity index (χ1v) is 6.38. The van der Waals surface area contributed by atoms with E-state index >= 15 is 0 Å². The fraction of sp³-hybridized carbons (Fsp3) is 0.571. The van der Waals surface area contributed by atoms with Gasteiger partial charge in [-0.15, -0.1) is 0 Å². The molecule has 0 saturated carbocycles. The fourth-order valence-electron chi connectivity index (χ4n) is 1.62. The summed E-state index contributed by atoms with van der Waals surface area (Å²) in [7, 11) is 0. The average molecular weight is 255 g/mol. The molecule has 0 bridgehead atoms. The van der Waals surface area contributed by atoms with Crippen LogP contribution in [-0.4, -0.2) is 25.9 Å². The largest absolute Gasteiger partial charge is 0.488 e. The van der Waals surface area contributed by atoms with E-state index in [1.807, 2.05) is 19.9 Å². The van der Waals surface area contributed by atoms with Crippen molar-refractivity contribution < 1.29 is 13.9 Å². The van der Waals surface area contributed by atoms with Gasteiger partial charge in [-0.1, -0.05) is 13.0 Å². The zero-order valence-corrected chi connectivity index (χ0v) is 11.1. The molecule has 0 amide bonds. The number of halogens is 1. The summed E-state index contributed by atoms with van der Waals surface area (Å²) in [5.41, 5.74) is 6.56. The van der Waals surface area contributed by atoms with Crippen molar-refractivity contribution in [1.82, 2.24) is 0 Å². The highest BCUT2D eigenvalue weighted by Crippen LogP contribution is 2.18. The molecule has 0 aliphatic heterocycles. The van der Waals surface area contributed by atoms with Crippen LogP contribution in [0, 0.1) is 5.82 Å². The van der Waals surface area contributed by atoms with Gasteiger partial charge in [-0.25, -0.2) is 4.39 Å². The molecule has 1 unspecified atom stereocenters. The molecule has 1 aromatic carbocycles. The Morgan fingerprint density at radius 3 is 2.67 bits per heavy atom. The second-order valence-corrected chi connectivity index (χ2v) is 4.41. The lowest BCUT2D eigenvalue weighted by Gasteiger charge is -2.10. The van der Waals surface area contributed by atoms with Crippen molar-refractivity contribution >= 4 is 0 Å². The maximum Gasteiger partial charge on any atom is 0.165 e. The number of nitrogens with two attached hydrogens (primary N) is 1. The summed E-state index contributed by atoms with van der Waals surface area (Å²) in [6.07, 6.45) is 1.64. The summed E-state index contributed by atoms with van der Waals surface area (Å²) in [5, 5.41) is 0. The highest BCUT2D eigenvalue weighted by Gasteiger charge is 2.06.